The average Bonchev–Trinajstić information content (AvgIpc) is 2.17. The van der Waals surface area contributed by atoms with E-state index in [1.165, 1.54) is 0 Å². The van der Waals surface area contributed by atoms with E-state index in [9.17, 15) is 0 Å². The molecule has 2 heterocycles. The van der Waals surface area contributed by atoms with E-state index in [0.29, 0.717) is 18.6 Å². The molecule has 1 atom stereocenters. The number of aliphatic hydroxyl groups is 1. The van der Waals surface area contributed by atoms with Crippen molar-refractivity contribution in [2.45, 2.75) is 13.0 Å². The maximum Gasteiger partial charge on any atom is 0.0755 e. The third-order valence-electron chi connectivity index (χ3n) is 2.80. The summed E-state index contributed by atoms with van der Waals surface area (Å²) in [5.41, 5.74) is 1.00. The number of likely N-dealkylation sites (tertiary alicyclic amines) is 1. The first-order valence-electron chi connectivity index (χ1n) is 4.92. The van der Waals surface area contributed by atoms with Gasteiger partial charge in [0, 0.05) is 44.2 Å². The van der Waals surface area contributed by atoms with Gasteiger partial charge in [-0.2, -0.15) is 0 Å². The van der Waals surface area contributed by atoms with Gasteiger partial charge < -0.3 is 5.11 Å². The minimum absolute atomic E-state index is 0.295. The lowest BCUT2D eigenvalue weighted by Gasteiger charge is -2.42. The second-order valence-corrected chi connectivity index (χ2v) is 3.81. The minimum Gasteiger partial charge on any atom is -0.396 e. The zero-order valence-corrected chi connectivity index (χ0v) is 8.30. The van der Waals surface area contributed by atoms with Gasteiger partial charge >= 0.3 is 0 Å². The summed E-state index contributed by atoms with van der Waals surface area (Å²) in [6.45, 7) is 4.35. The summed E-state index contributed by atoms with van der Waals surface area (Å²) in [5.74, 6) is 0.453. The van der Waals surface area contributed by atoms with Crippen molar-refractivity contribution in [1.29, 1.82) is 0 Å². The molecule has 1 aromatic heterocycles. The van der Waals surface area contributed by atoms with Crippen LogP contribution in [0, 0.1) is 5.92 Å². The molecule has 0 amide bonds. The molecule has 4 nitrogen and oxygen atoms in total. The fourth-order valence-electron chi connectivity index (χ4n) is 1.75. The molecule has 0 spiro atoms. The highest BCUT2D eigenvalue weighted by Gasteiger charge is 2.30. The van der Waals surface area contributed by atoms with Crippen LogP contribution in [0.25, 0.3) is 0 Å². The lowest BCUT2D eigenvalue weighted by Crippen LogP contribution is -2.49. The highest BCUT2D eigenvalue weighted by atomic mass is 16.3. The van der Waals surface area contributed by atoms with Crippen LogP contribution in [-0.4, -0.2) is 39.7 Å². The fourth-order valence-corrected chi connectivity index (χ4v) is 1.75. The third kappa shape index (κ3) is 1.76. The van der Waals surface area contributed by atoms with Gasteiger partial charge in [-0.25, -0.2) is 0 Å². The minimum atomic E-state index is 0.295. The highest BCUT2D eigenvalue weighted by Crippen LogP contribution is 2.26. The molecule has 1 saturated heterocycles. The molecule has 0 aromatic carbocycles. The second-order valence-electron chi connectivity index (χ2n) is 3.81. The SMILES string of the molecule is C[C@H](c1cnccn1)N1CC(CO)C1. The van der Waals surface area contributed by atoms with Crippen molar-refractivity contribution in [3.8, 4) is 0 Å². The normalized spacial score (nSPS) is 20.4. The van der Waals surface area contributed by atoms with E-state index in [4.69, 9.17) is 5.11 Å². The van der Waals surface area contributed by atoms with Gasteiger partial charge in [0.15, 0.2) is 0 Å². The number of aliphatic hydroxyl groups excluding tert-OH is 1. The Kier molecular flexibility index (Phi) is 2.74. The number of hydrogen-bond donors (Lipinski definition) is 1. The van der Waals surface area contributed by atoms with Crippen LogP contribution in [0.2, 0.25) is 0 Å². The van der Waals surface area contributed by atoms with Crippen molar-refractivity contribution < 1.29 is 5.11 Å². The van der Waals surface area contributed by atoms with E-state index in [0.717, 1.165) is 18.8 Å². The van der Waals surface area contributed by atoms with E-state index >= 15 is 0 Å². The Hall–Kier alpha value is -1.00. The standard InChI is InChI=1S/C10H15N3O/c1-8(10-4-11-2-3-12-10)13-5-9(6-13)7-14/h2-4,8-9,14H,5-7H2,1H3/t8-/m1/s1. The van der Waals surface area contributed by atoms with Crippen molar-refractivity contribution in [2.75, 3.05) is 19.7 Å². The summed E-state index contributed by atoms with van der Waals surface area (Å²) in [5, 5.41) is 8.90. The van der Waals surface area contributed by atoms with Crippen LogP contribution in [0.4, 0.5) is 0 Å². The van der Waals surface area contributed by atoms with Gasteiger partial charge in [-0.15, -0.1) is 0 Å². The summed E-state index contributed by atoms with van der Waals surface area (Å²) in [4.78, 5) is 10.6. The van der Waals surface area contributed by atoms with Crippen LogP contribution in [0.3, 0.4) is 0 Å². The highest BCUT2D eigenvalue weighted by molar-refractivity contribution is 5.03. The van der Waals surface area contributed by atoms with Crippen LogP contribution < -0.4 is 0 Å². The zero-order valence-electron chi connectivity index (χ0n) is 8.30. The number of aromatic nitrogens is 2. The van der Waals surface area contributed by atoms with Crippen LogP contribution in [-0.2, 0) is 0 Å². The van der Waals surface area contributed by atoms with E-state index in [1.54, 1.807) is 18.6 Å². The maximum atomic E-state index is 8.90. The Morgan fingerprint density at radius 2 is 2.36 bits per heavy atom. The van der Waals surface area contributed by atoms with E-state index in [1.807, 2.05) is 0 Å². The Morgan fingerprint density at radius 1 is 1.57 bits per heavy atom. The Bertz CT molecular complexity index is 285. The number of rotatable bonds is 3. The van der Waals surface area contributed by atoms with Crippen LogP contribution in [0.15, 0.2) is 18.6 Å². The van der Waals surface area contributed by atoms with Gasteiger partial charge in [0.05, 0.1) is 11.7 Å². The summed E-state index contributed by atoms with van der Waals surface area (Å²) in [6.07, 6.45) is 5.20. The topological polar surface area (TPSA) is 49.2 Å². The van der Waals surface area contributed by atoms with Gasteiger partial charge in [0.25, 0.3) is 0 Å². The van der Waals surface area contributed by atoms with Gasteiger partial charge in [0.2, 0.25) is 0 Å². The molecule has 2 rings (SSSR count). The van der Waals surface area contributed by atoms with Crippen LogP contribution >= 0.6 is 0 Å². The summed E-state index contributed by atoms with van der Waals surface area (Å²) in [6, 6.07) is 0.312. The maximum absolute atomic E-state index is 8.90. The van der Waals surface area contributed by atoms with E-state index < -0.39 is 0 Å². The van der Waals surface area contributed by atoms with Crippen molar-refractivity contribution in [3.05, 3.63) is 24.3 Å². The molecule has 0 radical (unpaired) electrons. The molecule has 1 N–H and O–H groups in total. The molecule has 1 aromatic rings. The molecule has 14 heavy (non-hydrogen) atoms. The lowest BCUT2D eigenvalue weighted by atomic mass is 9.98. The van der Waals surface area contributed by atoms with Crippen molar-refractivity contribution in [1.82, 2.24) is 14.9 Å². The second kappa shape index (κ2) is 4.02. The fraction of sp³-hybridized carbons (Fsp3) is 0.600. The summed E-state index contributed by atoms with van der Waals surface area (Å²) < 4.78 is 0. The van der Waals surface area contributed by atoms with E-state index in [2.05, 4.69) is 21.8 Å². The van der Waals surface area contributed by atoms with Gasteiger partial charge in [-0.3, -0.25) is 14.9 Å². The van der Waals surface area contributed by atoms with Gasteiger partial charge in [0.1, 0.15) is 0 Å². The van der Waals surface area contributed by atoms with Crippen LogP contribution in [0.1, 0.15) is 18.7 Å². The van der Waals surface area contributed by atoms with Crippen molar-refractivity contribution in [3.63, 3.8) is 0 Å². The molecule has 0 aliphatic carbocycles. The smallest absolute Gasteiger partial charge is 0.0755 e. The Balaban J connectivity index is 1.94. The molecule has 76 valence electrons. The molecule has 0 bridgehead atoms. The van der Waals surface area contributed by atoms with Gasteiger partial charge in [-0.05, 0) is 6.92 Å². The van der Waals surface area contributed by atoms with Crippen molar-refractivity contribution >= 4 is 0 Å². The molecular formula is C10H15N3O. The van der Waals surface area contributed by atoms with E-state index in [-0.39, 0.29) is 0 Å². The predicted octanol–water partition coefficient (Wildman–Crippen LogP) is 0.462. The molecule has 4 heteroatoms. The molecule has 1 aliphatic rings. The Labute approximate surface area is 83.6 Å². The number of nitrogens with zero attached hydrogens (tertiary/aromatic N) is 3. The molecular weight excluding hydrogens is 178 g/mol. The largest absolute Gasteiger partial charge is 0.396 e. The van der Waals surface area contributed by atoms with Gasteiger partial charge in [-0.1, -0.05) is 0 Å². The summed E-state index contributed by atoms with van der Waals surface area (Å²) in [7, 11) is 0. The Morgan fingerprint density at radius 3 is 2.93 bits per heavy atom. The molecule has 0 unspecified atom stereocenters. The first-order chi connectivity index (χ1) is 6.81. The average molecular weight is 193 g/mol. The van der Waals surface area contributed by atoms with Crippen LogP contribution in [0.5, 0.6) is 0 Å². The first-order valence-corrected chi connectivity index (χ1v) is 4.92. The number of hydrogen-bond acceptors (Lipinski definition) is 4. The van der Waals surface area contributed by atoms with Crippen molar-refractivity contribution in [2.24, 2.45) is 5.92 Å². The molecule has 1 aliphatic heterocycles. The monoisotopic (exact) mass is 193 g/mol. The zero-order chi connectivity index (χ0) is 9.97. The first kappa shape index (κ1) is 9.55. The summed E-state index contributed by atoms with van der Waals surface area (Å²) >= 11 is 0. The third-order valence-corrected chi connectivity index (χ3v) is 2.80. The quantitative estimate of drug-likeness (QED) is 0.757. The molecule has 1 fully saturated rings. The predicted molar refractivity (Wildman–Crippen MR) is 52.6 cm³/mol. The lowest BCUT2D eigenvalue weighted by molar-refractivity contribution is 0.0231. The molecule has 0 saturated carbocycles.